The Morgan fingerprint density at radius 1 is 1.58 bits per heavy atom. The molecular weight excluding hydrogens is 148 g/mol. The first kappa shape index (κ1) is 11.0. The monoisotopic (exact) mass is 164 g/mol. The van der Waals surface area contributed by atoms with Crippen LogP contribution in [0.25, 0.3) is 0 Å². The van der Waals surface area contributed by atoms with Gasteiger partial charge in [-0.25, -0.2) is 0 Å². The maximum atomic E-state index is 9.42. The summed E-state index contributed by atoms with van der Waals surface area (Å²) < 4.78 is 0. The van der Waals surface area contributed by atoms with Crippen molar-refractivity contribution in [3.63, 3.8) is 0 Å². The van der Waals surface area contributed by atoms with Gasteiger partial charge in [0.1, 0.15) is 6.10 Å². The fourth-order valence-corrected chi connectivity index (χ4v) is 0.913. The minimum absolute atomic E-state index is 0.668. The van der Waals surface area contributed by atoms with Crippen molar-refractivity contribution < 1.29 is 5.11 Å². The van der Waals surface area contributed by atoms with Crippen LogP contribution in [-0.2, 0) is 0 Å². The summed E-state index contributed by atoms with van der Waals surface area (Å²) in [6.07, 6.45) is 2.34. The van der Waals surface area contributed by atoms with Gasteiger partial charge in [-0.3, -0.25) is 0 Å². The topological polar surface area (TPSA) is 20.2 Å². The molecule has 0 spiro atoms. The lowest BCUT2D eigenvalue weighted by Crippen LogP contribution is -2.06. The van der Waals surface area contributed by atoms with Crippen LogP contribution in [0.15, 0.2) is 17.9 Å². The molecule has 0 bridgehead atoms. The van der Waals surface area contributed by atoms with Gasteiger partial charge in [0.15, 0.2) is 0 Å². The molecule has 0 aliphatic rings. The lowest BCUT2D eigenvalue weighted by atomic mass is 10.0. The molecule has 0 fully saturated rings. The molecule has 0 radical (unpaired) electrons. The first-order chi connectivity index (χ1) is 5.76. The van der Waals surface area contributed by atoms with Crippen LogP contribution in [0, 0.1) is 11.8 Å². The van der Waals surface area contributed by atoms with Crippen molar-refractivity contribution in [3.8, 4) is 11.8 Å². The number of aliphatic hydroxyl groups excluding tert-OH is 1. The molecule has 0 amide bonds. The van der Waals surface area contributed by atoms with Crippen LogP contribution in [0.5, 0.6) is 0 Å². The molecule has 0 rings (SSSR count). The number of aliphatic hydroxyl groups is 1. The number of hydrogen-bond acceptors (Lipinski definition) is 1. The molecule has 0 aromatic carbocycles. The highest BCUT2D eigenvalue weighted by molar-refractivity contribution is 5.19. The summed E-state index contributed by atoms with van der Waals surface area (Å²) in [5, 5.41) is 9.42. The lowest BCUT2D eigenvalue weighted by Gasteiger charge is -2.05. The van der Waals surface area contributed by atoms with Crippen LogP contribution in [0.2, 0.25) is 0 Å². The average Bonchev–Trinajstić information content (AvgIpc) is 2.06. The van der Waals surface area contributed by atoms with Crippen molar-refractivity contribution in [3.05, 3.63) is 17.9 Å². The Morgan fingerprint density at radius 2 is 2.25 bits per heavy atom. The third-order valence-electron chi connectivity index (χ3n) is 1.64. The minimum atomic E-state index is -0.668. The van der Waals surface area contributed by atoms with Crippen molar-refractivity contribution >= 4 is 0 Å². The number of hydrogen-bond donors (Lipinski definition) is 1. The van der Waals surface area contributed by atoms with Gasteiger partial charge < -0.3 is 5.11 Å². The van der Waals surface area contributed by atoms with Gasteiger partial charge in [-0.15, -0.1) is 11.7 Å². The Morgan fingerprint density at radius 3 is 2.67 bits per heavy atom. The van der Waals surface area contributed by atoms with E-state index in [4.69, 9.17) is 0 Å². The normalized spacial score (nSPS) is 10.9. The molecule has 1 atom stereocenters. The van der Waals surface area contributed by atoms with E-state index in [0.717, 1.165) is 24.8 Å². The zero-order chi connectivity index (χ0) is 9.40. The van der Waals surface area contributed by atoms with Crippen molar-refractivity contribution in [2.24, 2.45) is 0 Å². The summed E-state index contributed by atoms with van der Waals surface area (Å²) in [6, 6.07) is 0. The van der Waals surface area contributed by atoms with Gasteiger partial charge in [0.25, 0.3) is 0 Å². The van der Waals surface area contributed by atoms with Gasteiger partial charge in [-0.1, -0.05) is 25.8 Å². The van der Waals surface area contributed by atoms with E-state index in [2.05, 4.69) is 31.1 Å². The minimum Gasteiger partial charge on any atom is -0.376 e. The van der Waals surface area contributed by atoms with Gasteiger partial charge in [-0.05, 0) is 19.8 Å². The van der Waals surface area contributed by atoms with Crippen LogP contribution in [0.4, 0.5) is 0 Å². The molecule has 1 N–H and O–H groups in total. The third kappa shape index (κ3) is 4.03. The van der Waals surface area contributed by atoms with E-state index in [0.29, 0.717) is 0 Å². The first-order valence-corrected chi connectivity index (χ1v) is 4.25. The average molecular weight is 164 g/mol. The molecule has 0 saturated carbocycles. The largest absolute Gasteiger partial charge is 0.376 e. The van der Waals surface area contributed by atoms with Gasteiger partial charge >= 0.3 is 0 Å². The standard InChI is InChI=1S/C11H16O/c1-4-7-9-10(6-3)11(12)8-5-2/h11-12H,3-4,7,9H2,1-2H3. The fourth-order valence-electron chi connectivity index (χ4n) is 0.913. The SMILES string of the molecule is C=C=C(CCCC)C(O)C#CC. The molecule has 0 aromatic rings. The van der Waals surface area contributed by atoms with Gasteiger partial charge in [0, 0.05) is 5.57 Å². The molecule has 0 aromatic heterocycles. The summed E-state index contributed by atoms with van der Waals surface area (Å²) in [5.41, 5.74) is 3.55. The van der Waals surface area contributed by atoms with E-state index in [1.165, 1.54) is 0 Å². The van der Waals surface area contributed by atoms with Crippen molar-refractivity contribution in [1.29, 1.82) is 0 Å². The van der Waals surface area contributed by atoms with E-state index >= 15 is 0 Å². The Bertz CT molecular complexity index is 223. The van der Waals surface area contributed by atoms with E-state index in [1.807, 2.05) is 0 Å². The zero-order valence-corrected chi connectivity index (χ0v) is 7.85. The fraction of sp³-hybridized carbons (Fsp3) is 0.545. The maximum Gasteiger partial charge on any atom is 0.143 e. The smallest absolute Gasteiger partial charge is 0.143 e. The number of rotatable bonds is 4. The predicted octanol–water partition coefficient (Wildman–Crippen LogP) is 2.27. The Balaban J connectivity index is 4.14. The molecule has 0 aliphatic heterocycles. The molecule has 1 nitrogen and oxygen atoms in total. The summed E-state index contributed by atoms with van der Waals surface area (Å²) in [5.74, 6) is 5.34. The van der Waals surface area contributed by atoms with Crippen molar-refractivity contribution in [2.75, 3.05) is 0 Å². The van der Waals surface area contributed by atoms with E-state index in [1.54, 1.807) is 6.92 Å². The first-order valence-electron chi connectivity index (χ1n) is 4.25. The summed E-state index contributed by atoms with van der Waals surface area (Å²) in [6.45, 7) is 7.35. The molecular formula is C11H16O. The molecule has 1 unspecified atom stereocenters. The van der Waals surface area contributed by atoms with Gasteiger partial charge in [-0.2, -0.15) is 0 Å². The van der Waals surface area contributed by atoms with Crippen LogP contribution >= 0.6 is 0 Å². The highest BCUT2D eigenvalue weighted by Gasteiger charge is 2.04. The molecule has 12 heavy (non-hydrogen) atoms. The highest BCUT2D eigenvalue weighted by Crippen LogP contribution is 2.09. The lowest BCUT2D eigenvalue weighted by molar-refractivity contribution is 0.263. The van der Waals surface area contributed by atoms with Crippen LogP contribution in [0.1, 0.15) is 33.1 Å². The molecule has 1 heteroatoms. The molecule has 66 valence electrons. The third-order valence-corrected chi connectivity index (χ3v) is 1.64. The Kier molecular flexibility index (Phi) is 6.19. The van der Waals surface area contributed by atoms with E-state index < -0.39 is 6.10 Å². The summed E-state index contributed by atoms with van der Waals surface area (Å²) in [7, 11) is 0. The van der Waals surface area contributed by atoms with Crippen molar-refractivity contribution in [2.45, 2.75) is 39.2 Å². The van der Waals surface area contributed by atoms with E-state index in [-0.39, 0.29) is 0 Å². The quantitative estimate of drug-likeness (QED) is 0.499. The van der Waals surface area contributed by atoms with E-state index in [9.17, 15) is 5.11 Å². The summed E-state index contributed by atoms with van der Waals surface area (Å²) in [4.78, 5) is 0. The van der Waals surface area contributed by atoms with Crippen LogP contribution in [-0.4, -0.2) is 11.2 Å². The van der Waals surface area contributed by atoms with Crippen LogP contribution in [0.3, 0.4) is 0 Å². The maximum absolute atomic E-state index is 9.42. The molecule has 0 saturated heterocycles. The summed E-state index contributed by atoms with van der Waals surface area (Å²) >= 11 is 0. The van der Waals surface area contributed by atoms with Gasteiger partial charge in [0.05, 0.1) is 0 Å². The number of unbranched alkanes of at least 4 members (excludes halogenated alkanes) is 1. The molecule has 0 heterocycles. The predicted molar refractivity (Wildman–Crippen MR) is 51.6 cm³/mol. The Labute approximate surface area is 74.8 Å². The van der Waals surface area contributed by atoms with Crippen molar-refractivity contribution in [1.82, 2.24) is 0 Å². The van der Waals surface area contributed by atoms with Crippen LogP contribution < -0.4 is 0 Å². The zero-order valence-electron chi connectivity index (χ0n) is 7.85. The van der Waals surface area contributed by atoms with Gasteiger partial charge in [0.2, 0.25) is 0 Å². The molecule has 0 aliphatic carbocycles. The second-order valence-electron chi connectivity index (χ2n) is 2.60. The second kappa shape index (κ2) is 6.73. The second-order valence-corrected chi connectivity index (χ2v) is 2.60. The Hall–Kier alpha value is -0.960. The highest BCUT2D eigenvalue weighted by atomic mass is 16.3.